The van der Waals surface area contributed by atoms with E-state index in [1.54, 1.807) is 52.8 Å². The molecule has 0 fully saturated rings. The predicted molar refractivity (Wildman–Crippen MR) is 94.8 cm³/mol. The van der Waals surface area contributed by atoms with Crippen LogP contribution in [-0.4, -0.2) is 13.9 Å². The van der Waals surface area contributed by atoms with E-state index in [1.807, 2.05) is 0 Å². The van der Waals surface area contributed by atoms with Gasteiger partial charge in [0.15, 0.2) is 0 Å². The third-order valence-electron chi connectivity index (χ3n) is 3.45. The van der Waals surface area contributed by atoms with Crippen LogP contribution >= 0.6 is 0 Å². The molecule has 6 nitrogen and oxygen atoms in total. The summed E-state index contributed by atoms with van der Waals surface area (Å²) in [7, 11) is -5.62. The number of allylic oxidation sites excluding steroid dienone is 3. The summed E-state index contributed by atoms with van der Waals surface area (Å²) in [6, 6.07) is 5.25. The average Bonchev–Trinajstić information content (AvgIpc) is 2.63. The van der Waals surface area contributed by atoms with Crippen molar-refractivity contribution in [1.29, 1.82) is 15.8 Å². The monoisotopic (exact) mass is 509 g/mol. The minimum absolute atomic E-state index is 0. The van der Waals surface area contributed by atoms with Gasteiger partial charge in [-0.3, -0.25) is 0 Å². The Labute approximate surface area is 178 Å². The van der Waals surface area contributed by atoms with E-state index < -0.39 is 21.0 Å². The number of nitriles is 3. The molecule has 0 aromatic rings. The van der Waals surface area contributed by atoms with Crippen LogP contribution in [0.15, 0.2) is 22.5 Å². The van der Waals surface area contributed by atoms with Gasteiger partial charge in [0.2, 0.25) is 0 Å². The molecule has 11 heteroatoms. The third kappa shape index (κ3) is 9.88. The number of hydrogen-bond acceptors (Lipinski definition) is 6. The maximum atomic E-state index is 12.3. The first kappa shape index (κ1) is 33.7. The van der Waals surface area contributed by atoms with Crippen LogP contribution in [0.5, 0.6) is 0 Å². The first-order valence-corrected chi connectivity index (χ1v) is 8.80. The smallest absolute Gasteiger partial charge is 0.379 e. The summed E-state index contributed by atoms with van der Waals surface area (Å²) in [5, 5.41) is 22.0. The molecular weight excluding hydrogens is 484 g/mol. The number of rotatable bonds is 2. The molecule has 0 unspecified atom stereocenters. The van der Waals surface area contributed by atoms with E-state index in [0.29, 0.717) is 5.57 Å². The van der Waals surface area contributed by atoms with E-state index in [0.717, 1.165) is 11.1 Å². The number of hydrogen-bond donors (Lipinski definition) is 0. The predicted octanol–water partition coefficient (Wildman–Crippen LogP) is 5.09. The standard InChI is InChI=1S/C11H15F3O3S.3C2H3N.Ru/c1-6-7(2)9(10(4,5)8(6)3)17-18(15,16)11(12,13)14;3*1-2-3;/h1-5H3;3*1H3;. The van der Waals surface area contributed by atoms with Gasteiger partial charge in [0, 0.05) is 45.7 Å². The zero-order valence-electron chi connectivity index (χ0n) is 17.0. The maximum Gasteiger partial charge on any atom is 0.534 e. The molecule has 1 rings (SSSR count). The van der Waals surface area contributed by atoms with E-state index in [2.05, 4.69) is 4.18 Å². The van der Waals surface area contributed by atoms with Gasteiger partial charge in [-0.05, 0) is 45.8 Å². The van der Waals surface area contributed by atoms with E-state index >= 15 is 0 Å². The van der Waals surface area contributed by atoms with Gasteiger partial charge in [0.25, 0.3) is 0 Å². The Balaban J connectivity index is -0.000000245. The minimum atomic E-state index is -5.62. The Hall–Kier alpha value is -1.89. The maximum absolute atomic E-state index is 12.3. The second-order valence-electron chi connectivity index (χ2n) is 5.48. The first-order valence-electron chi connectivity index (χ1n) is 7.40. The van der Waals surface area contributed by atoms with Crippen molar-refractivity contribution in [2.75, 3.05) is 0 Å². The Bertz CT molecular complexity index is 766. The zero-order chi connectivity index (χ0) is 22.6. The second-order valence-corrected chi connectivity index (χ2v) is 7.02. The summed E-state index contributed by atoms with van der Waals surface area (Å²) in [6.07, 6.45) is 0. The fourth-order valence-corrected chi connectivity index (χ4v) is 2.53. The molecule has 0 aromatic heterocycles. The fraction of sp³-hybridized carbons (Fsp3) is 0.588. The van der Waals surface area contributed by atoms with Gasteiger partial charge in [-0.25, -0.2) is 0 Å². The minimum Gasteiger partial charge on any atom is -0.379 e. The van der Waals surface area contributed by atoms with E-state index in [4.69, 9.17) is 15.8 Å². The molecule has 1 aliphatic rings. The fourth-order valence-electron chi connectivity index (χ4n) is 1.88. The van der Waals surface area contributed by atoms with Crippen molar-refractivity contribution in [3.05, 3.63) is 22.5 Å². The van der Waals surface area contributed by atoms with Gasteiger partial charge in [-0.1, -0.05) is 5.57 Å². The molecule has 0 aliphatic heterocycles. The molecule has 0 radical (unpaired) electrons. The summed E-state index contributed by atoms with van der Waals surface area (Å²) in [5.74, 6) is -0.158. The van der Waals surface area contributed by atoms with Crippen LogP contribution in [0.2, 0.25) is 0 Å². The van der Waals surface area contributed by atoms with Crippen molar-refractivity contribution >= 4 is 10.1 Å². The Morgan fingerprint density at radius 3 is 1.36 bits per heavy atom. The van der Waals surface area contributed by atoms with Crippen LogP contribution in [0.4, 0.5) is 13.2 Å². The molecule has 1 aliphatic carbocycles. The summed E-state index contributed by atoms with van der Waals surface area (Å²) >= 11 is 0. The SMILES string of the molecule is CC#N.CC#N.CC#N.CC1=C(C)C(C)(C)C(OS(=O)(=O)C(F)(F)F)=C1C.[Ru]. The molecular formula is C17H24F3N3O3RuS. The van der Waals surface area contributed by atoms with Gasteiger partial charge in [-0.15, -0.1) is 0 Å². The summed E-state index contributed by atoms with van der Waals surface area (Å²) in [6.45, 7) is 12.6. The second kappa shape index (κ2) is 14.2. The zero-order valence-corrected chi connectivity index (χ0v) is 19.5. The third-order valence-corrected chi connectivity index (χ3v) is 4.40. The molecule has 0 aromatic carbocycles. The molecule has 28 heavy (non-hydrogen) atoms. The van der Waals surface area contributed by atoms with E-state index in [1.165, 1.54) is 20.8 Å². The quantitative estimate of drug-likeness (QED) is 0.292. The molecule has 0 atom stereocenters. The number of nitrogens with zero attached hydrogens (tertiary/aromatic N) is 3. The molecule has 160 valence electrons. The first-order chi connectivity index (χ1) is 12.1. The molecule has 0 bridgehead atoms. The van der Waals surface area contributed by atoms with Crippen molar-refractivity contribution in [1.82, 2.24) is 0 Å². The van der Waals surface area contributed by atoms with Crippen molar-refractivity contribution in [3.63, 3.8) is 0 Å². The van der Waals surface area contributed by atoms with E-state index in [9.17, 15) is 21.6 Å². The molecule has 0 amide bonds. The topological polar surface area (TPSA) is 115 Å². The van der Waals surface area contributed by atoms with Crippen molar-refractivity contribution < 1.29 is 45.3 Å². The van der Waals surface area contributed by atoms with Gasteiger partial charge >= 0.3 is 15.6 Å². The van der Waals surface area contributed by atoms with Crippen LogP contribution < -0.4 is 0 Å². The molecule has 0 N–H and O–H groups in total. The van der Waals surface area contributed by atoms with Crippen LogP contribution in [0.3, 0.4) is 0 Å². The Kier molecular flexibility index (Phi) is 17.0. The van der Waals surface area contributed by atoms with Crippen molar-refractivity contribution in [2.24, 2.45) is 5.41 Å². The molecule has 0 heterocycles. The Morgan fingerprint density at radius 2 is 1.18 bits per heavy atom. The largest absolute Gasteiger partial charge is 0.534 e. The van der Waals surface area contributed by atoms with E-state index in [-0.39, 0.29) is 25.2 Å². The Morgan fingerprint density at radius 1 is 0.893 bits per heavy atom. The van der Waals surface area contributed by atoms with Crippen molar-refractivity contribution in [2.45, 2.75) is 60.9 Å². The van der Waals surface area contributed by atoms with Crippen LogP contribution in [0.1, 0.15) is 55.4 Å². The number of alkyl halides is 3. The van der Waals surface area contributed by atoms with Gasteiger partial charge in [0.05, 0.1) is 18.2 Å². The van der Waals surface area contributed by atoms with Gasteiger partial charge in [0.1, 0.15) is 5.76 Å². The average molecular weight is 509 g/mol. The molecule has 0 spiro atoms. The van der Waals surface area contributed by atoms with Crippen LogP contribution in [0.25, 0.3) is 0 Å². The molecule has 0 saturated heterocycles. The van der Waals surface area contributed by atoms with Gasteiger partial charge < -0.3 is 4.18 Å². The number of halogens is 3. The van der Waals surface area contributed by atoms with Crippen molar-refractivity contribution in [3.8, 4) is 18.2 Å². The summed E-state index contributed by atoms with van der Waals surface area (Å²) < 4.78 is 63.4. The van der Waals surface area contributed by atoms with Crippen LogP contribution in [-0.2, 0) is 33.8 Å². The summed E-state index contributed by atoms with van der Waals surface area (Å²) in [4.78, 5) is 0. The van der Waals surface area contributed by atoms with Crippen LogP contribution in [0, 0.1) is 39.4 Å². The van der Waals surface area contributed by atoms with Gasteiger partial charge in [-0.2, -0.15) is 37.4 Å². The molecule has 0 saturated carbocycles. The summed E-state index contributed by atoms with van der Waals surface area (Å²) in [5.41, 5.74) is -4.28. The normalized spacial score (nSPS) is 14.1.